The van der Waals surface area contributed by atoms with Gasteiger partial charge in [-0.1, -0.05) is 24.3 Å². The second-order valence-electron chi connectivity index (χ2n) is 5.38. The summed E-state index contributed by atoms with van der Waals surface area (Å²) in [7, 11) is 0. The van der Waals surface area contributed by atoms with Gasteiger partial charge < -0.3 is 4.90 Å². The summed E-state index contributed by atoms with van der Waals surface area (Å²) in [5.41, 5.74) is 1.15. The van der Waals surface area contributed by atoms with Crippen LogP contribution in [-0.2, 0) is 17.9 Å². The molecule has 1 aliphatic heterocycles. The minimum absolute atomic E-state index is 0.0229. The van der Waals surface area contributed by atoms with E-state index >= 15 is 0 Å². The van der Waals surface area contributed by atoms with Crippen LogP contribution in [0.2, 0.25) is 0 Å². The standard InChI is InChI=1S/C17H14F2N2O2/c18-14-5-1-3-12(7-14)9-20-11-16(22)21(17(20)23)10-13-4-2-6-15(19)8-13/h1-8H,9-11H2. The fourth-order valence-corrected chi connectivity index (χ4v) is 2.55. The molecule has 0 N–H and O–H groups in total. The summed E-state index contributed by atoms with van der Waals surface area (Å²) in [5, 5.41) is 0. The number of imide groups is 1. The molecule has 0 unspecified atom stereocenters. The quantitative estimate of drug-likeness (QED) is 0.814. The molecule has 0 aromatic heterocycles. The molecule has 2 aromatic rings. The molecule has 2 aromatic carbocycles. The molecule has 4 nitrogen and oxygen atoms in total. The van der Waals surface area contributed by atoms with Crippen LogP contribution in [0.5, 0.6) is 0 Å². The molecule has 0 saturated carbocycles. The van der Waals surface area contributed by atoms with Crippen molar-refractivity contribution >= 4 is 11.9 Å². The van der Waals surface area contributed by atoms with Crippen molar-refractivity contribution in [3.63, 3.8) is 0 Å². The monoisotopic (exact) mass is 316 g/mol. The lowest BCUT2D eigenvalue weighted by molar-refractivity contribution is -0.125. The SMILES string of the molecule is O=C1CN(Cc2cccc(F)c2)C(=O)N1Cc1cccc(F)c1. The molecule has 0 radical (unpaired) electrons. The van der Waals surface area contributed by atoms with Gasteiger partial charge in [-0.15, -0.1) is 0 Å². The first-order valence-electron chi connectivity index (χ1n) is 7.11. The average molecular weight is 316 g/mol. The molecule has 1 aliphatic rings. The van der Waals surface area contributed by atoms with E-state index in [-0.39, 0.29) is 25.5 Å². The van der Waals surface area contributed by atoms with E-state index in [4.69, 9.17) is 0 Å². The normalized spacial score (nSPS) is 14.7. The first-order chi connectivity index (χ1) is 11.0. The molecule has 6 heteroatoms. The Hall–Kier alpha value is -2.76. The summed E-state index contributed by atoms with van der Waals surface area (Å²) in [6.07, 6.45) is 0. The van der Waals surface area contributed by atoms with Gasteiger partial charge in [-0.25, -0.2) is 13.6 Å². The lowest BCUT2D eigenvalue weighted by Gasteiger charge is -2.17. The minimum Gasteiger partial charge on any atom is -0.311 e. The van der Waals surface area contributed by atoms with Gasteiger partial charge in [-0.05, 0) is 35.4 Å². The van der Waals surface area contributed by atoms with Gasteiger partial charge in [0.15, 0.2) is 0 Å². The first kappa shape index (κ1) is 15.1. The Labute approximate surface area is 131 Å². The molecule has 118 valence electrons. The van der Waals surface area contributed by atoms with Crippen molar-refractivity contribution in [2.24, 2.45) is 0 Å². The highest BCUT2D eigenvalue weighted by Gasteiger charge is 2.35. The van der Waals surface area contributed by atoms with Crippen LogP contribution < -0.4 is 0 Å². The van der Waals surface area contributed by atoms with Crippen molar-refractivity contribution < 1.29 is 18.4 Å². The number of nitrogens with zero attached hydrogens (tertiary/aromatic N) is 2. The summed E-state index contributed by atoms with van der Waals surface area (Å²) in [6, 6.07) is 11.2. The lowest BCUT2D eigenvalue weighted by Crippen LogP contribution is -2.32. The second kappa shape index (κ2) is 6.16. The number of hydrogen-bond donors (Lipinski definition) is 0. The van der Waals surface area contributed by atoms with Crippen LogP contribution in [0.4, 0.5) is 13.6 Å². The number of carbonyl (C=O) groups excluding carboxylic acids is 2. The van der Waals surface area contributed by atoms with Gasteiger partial charge in [0.05, 0.1) is 6.54 Å². The van der Waals surface area contributed by atoms with Crippen LogP contribution in [-0.4, -0.2) is 28.3 Å². The van der Waals surface area contributed by atoms with E-state index in [1.165, 1.54) is 35.2 Å². The molecule has 0 bridgehead atoms. The van der Waals surface area contributed by atoms with Crippen LogP contribution in [0.15, 0.2) is 48.5 Å². The number of halogens is 2. The summed E-state index contributed by atoms with van der Waals surface area (Å²) in [4.78, 5) is 26.8. The molecular weight excluding hydrogens is 302 g/mol. The third kappa shape index (κ3) is 3.36. The number of carbonyl (C=O) groups is 2. The van der Waals surface area contributed by atoms with Gasteiger partial charge in [-0.3, -0.25) is 9.69 Å². The van der Waals surface area contributed by atoms with Crippen LogP contribution in [0.3, 0.4) is 0 Å². The molecule has 1 fully saturated rings. The maximum absolute atomic E-state index is 13.2. The number of hydrogen-bond acceptors (Lipinski definition) is 2. The lowest BCUT2D eigenvalue weighted by atomic mass is 10.2. The van der Waals surface area contributed by atoms with E-state index in [9.17, 15) is 18.4 Å². The Bertz CT molecular complexity index is 764. The van der Waals surface area contributed by atoms with Gasteiger partial charge in [0.1, 0.15) is 18.2 Å². The van der Waals surface area contributed by atoms with Crippen molar-refractivity contribution in [2.75, 3.05) is 6.54 Å². The molecule has 3 amide bonds. The Morgan fingerprint density at radius 1 is 0.870 bits per heavy atom. The molecule has 23 heavy (non-hydrogen) atoms. The van der Waals surface area contributed by atoms with Gasteiger partial charge in [0, 0.05) is 6.54 Å². The molecular formula is C17H14F2N2O2. The summed E-state index contributed by atoms with van der Waals surface area (Å²) >= 11 is 0. The van der Waals surface area contributed by atoms with Crippen molar-refractivity contribution in [1.29, 1.82) is 0 Å². The fraction of sp³-hybridized carbons (Fsp3) is 0.176. The summed E-state index contributed by atoms with van der Waals surface area (Å²) in [6.45, 7) is 0.113. The van der Waals surface area contributed by atoms with Crippen molar-refractivity contribution in [2.45, 2.75) is 13.1 Å². The summed E-state index contributed by atoms with van der Waals surface area (Å²) < 4.78 is 26.4. The van der Waals surface area contributed by atoms with Crippen LogP contribution in [0.25, 0.3) is 0 Å². The predicted octanol–water partition coefficient (Wildman–Crippen LogP) is 2.93. The highest BCUT2D eigenvalue weighted by molar-refractivity contribution is 6.01. The number of urea groups is 1. The maximum Gasteiger partial charge on any atom is 0.327 e. The van der Waals surface area contributed by atoms with E-state index in [0.29, 0.717) is 11.1 Å². The Morgan fingerprint density at radius 3 is 2.00 bits per heavy atom. The number of amides is 3. The first-order valence-corrected chi connectivity index (χ1v) is 7.11. The predicted molar refractivity (Wildman–Crippen MR) is 79.2 cm³/mol. The zero-order chi connectivity index (χ0) is 16.4. The van der Waals surface area contributed by atoms with E-state index < -0.39 is 17.7 Å². The summed E-state index contributed by atoms with van der Waals surface area (Å²) in [5.74, 6) is -1.16. The second-order valence-corrected chi connectivity index (χ2v) is 5.38. The van der Waals surface area contributed by atoms with E-state index in [2.05, 4.69) is 0 Å². The molecule has 3 rings (SSSR count). The number of benzene rings is 2. The van der Waals surface area contributed by atoms with Crippen LogP contribution in [0.1, 0.15) is 11.1 Å². The zero-order valence-electron chi connectivity index (χ0n) is 12.2. The highest BCUT2D eigenvalue weighted by Crippen LogP contribution is 2.18. The van der Waals surface area contributed by atoms with E-state index in [1.807, 2.05) is 0 Å². The van der Waals surface area contributed by atoms with Gasteiger partial charge in [-0.2, -0.15) is 0 Å². The van der Waals surface area contributed by atoms with Gasteiger partial charge in [0.25, 0.3) is 5.91 Å². The van der Waals surface area contributed by atoms with E-state index in [1.54, 1.807) is 18.2 Å². The van der Waals surface area contributed by atoms with Crippen LogP contribution in [0, 0.1) is 11.6 Å². The zero-order valence-corrected chi connectivity index (χ0v) is 12.2. The Morgan fingerprint density at radius 2 is 1.43 bits per heavy atom. The topological polar surface area (TPSA) is 40.6 Å². The fourth-order valence-electron chi connectivity index (χ4n) is 2.55. The van der Waals surface area contributed by atoms with Gasteiger partial charge >= 0.3 is 6.03 Å². The maximum atomic E-state index is 13.2. The Kier molecular flexibility index (Phi) is 4.06. The third-order valence-electron chi connectivity index (χ3n) is 3.62. The molecule has 0 atom stereocenters. The molecule has 0 aliphatic carbocycles. The van der Waals surface area contributed by atoms with Crippen molar-refractivity contribution in [3.05, 3.63) is 71.3 Å². The average Bonchev–Trinajstić information content (AvgIpc) is 2.75. The van der Waals surface area contributed by atoms with Crippen molar-refractivity contribution in [1.82, 2.24) is 9.80 Å². The largest absolute Gasteiger partial charge is 0.327 e. The molecule has 1 heterocycles. The number of rotatable bonds is 4. The smallest absolute Gasteiger partial charge is 0.311 e. The molecule has 0 spiro atoms. The molecule has 1 saturated heterocycles. The highest BCUT2D eigenvalue weighted by atomic mass is 19.1. The van der Waals surface area contributed by atoms with Crippen molar-refractivity contribution in [3.8, 4) is 0 Å². The van der Waals surface area contributed by atoms with E-state index in [0.717, 1.165) is 4.90 Å². The Balaban J connectivity index is 1.72. The minimum atomic E-state index is -0.455. The third-order valence-corrected chi connectivity index (χ3v) is 3.62. The van der Waals surface area contributed by atoms with Gasteiger partial charge in [0.2, 0.25) is 0 Å². The van der Waals surface area contributed by atoms with Crippen LogP contribution >= 0.6 is 0 Å².